The van der Waals surface area contributed by atoms with Crippen molar-refractivity contribution in [1.29, 1.82) is 0 Å². The number of hydrogen-bond acceptors (Lipinski definition) is 6. The first kappa shape index (κ1) is 29.7. The molecule has 1 amide bonds. The fourth-order valence-electron chi connectivity index (χ4n) is 5.42. The molecule has 4 aromatic rings. The molecule has 1 aromatic carbocycles. The number of nitrogens with zero attached hydrogens (tertiary/aromatic N) is 4. The zero-order valence-electron chi connectivity index (χ0n) is 23.4. The lowest BCUT2D eigenvalue weighted by Crippen LogP contribution is -2.34. The van der Waals surface area contributed by atoms with Crippen molar-refractivity contribution in [1.82, 2.24) is 19.4 Å². The van der Waals surface area contributed by atoms with Gasteiger partial charge in [0.2, 0.25) is 0 Å². The van der Waals surface area contributed by atoms with E-state index in [0.29, 0.717) is 39.8 Å². The molecule has 222 valence electrons. The molecule has 0 fully saturated rings. The van der Waals surface area contributed by atoms with E-state index in [2.05, 4.69) is 9.97 Å². The van der Waals surface area contributed by atoms with Crippen LogP contribution in [-0.4, -0.2) is 59.0 Å². The van der Waals surface area contributed by atoms with Crippen LogP contribution < -0.4 is 10.5 Å². The number of pyridine rings is 2. The number of aromatic nitrogens is 3. The van der Waals surface area contributed by atoms with Crippen LogP contribution in [0.1, 0.15) is 41.3 Å². The number of aromatic amines is 1. The van der Waals surface area contributed by atoms with Gasteiger partial charge in [-0.15, -0.1) is 11.6 Å². The molecule has 0 saturated carbocycles. The number of carbonyl (C=O) groups excluding carboxylic acids is 1. The summed E-state index contributed by atoms with van der Waals surface area (Å²) in [6.45, 7) is 2.69. The van der Waals surface area contributed by atoms with Crippen molar-refractivity contribution < 1.29 is 22.0 Å². The number of hydrogen-bond donors (Lipinski definition) is 1. The zero-order chi connectivity index (χ0) is 30.3. The van der Waals surface area contributed by atoms with E-state index in [9.17, 15) is 22.4 Å². The fourth-order valence-corrected chi connectivity index (χ4v) is 6.43. The first-order valence-electron chi connectivity index (χ1n) is 13.4. The summed E-state index contributed by atoms with van der Waals surface area (Å²) in [7, 11) is -2.01. The van der Waals surface area contributed by atoms with E-state index in [-0.39, 0.29) is 41.5 Å². The van der Waals surface area contributed by atoms with Gasteiger partial charge in [-0.25, -0.2) is 22.2 Å². The highest BCUT2D eigenvalue weighted by atomic mass is 35.5. The second kappa shape index (κ2) is 11.5. The highest BCUT2D eigenvalue weighted by Gasteiger charge is 2.31. The molecule has 13 heteroatoms. The van der Waals surface area contributed by atoms with Crippen LogP contribution in [-0.2, 0) is 29.2 Å². The number of nitrogens with one attached hydrogen (secondary N) is 1. The summed E-state index contributed by atoms with van der Waals surface area (Å²) in [4.78, 5) is 37.1. The van der Waals surface area contributed by atoms with Crippen molar-refractivity contribution in [3.63, 3.8) is 0 Å². The average molecular weight is 618 g/mol. The first-order valence-corrected chi connectivity index (χ1v) is 16.0. The minimum Gasteiger partial charge on any atom is -0.356 e. The number of anilines is 2. The lowest BCUT2D eigenvalue weighted by Gasteiger charge is -2.28. The molecule has 0 saturated heterocycles. The largest absolute Gasteiger partial charge is 0.356 e. The predicted molar refractivity (Wildman–Crippen MR) is 159 cm³/mol. The number of rotatable bonds is 9. The van der Waals surface area contributed by atoms with Crippen LogP contribution in [0.15, 0.2) is 41.6 Å². The average Bonchev–Trinajstić information content (AvgIpc) is 3.29. The summed E-state index contributed by atoms with van der Waals surface area (Å²) in [5, 5.41) is 0.584. The third-order valence-corrected chi connectivity index (χ3v) is 8.34. The Morgan fingerprint density at radius 3 is 2.62 bits per heavy atom. The van der Waals surface area contributed by atoms with E-state index >= 15 is 4.39 Å². The highest BCUT2D eigenvalue weighted by Crippen LogP contribution is 2.45. The van der Waals surface area contributed by atoms with Crippen molar-refractivity contribution >= 4 is 49.8 Å². The van der Waals surface area contributed by atoms with Gasteiger partial charge in [0.05, 0.1) is 24.2 Å². The first-order chi connectivity index (χ1) is 19.9. The second-order valence-electron chi connectivity index (χ2n) is 10.5. The quantitative estimate of drug-likeness (QED) is 0.268. The van der Waals surface area contributed by atoms with E-state index in [1.54, 1.807) is 36.5 Å². The van der Waals surface area contributed by atoms with E-state index < -0.39 is 33.1 Å². The van der Waals surface area contributed by atoms with Crippen molar-refractivity contribution in [3.8, 4) is 11.1 Å². The summed E-state index contributed by atoms with van der Waals surface area (Å²) in [5.41, 5.74) is 2.47. The monoisotopic (exact) mass is 617 g/mol. The number of alkyl halides is 1. The molecule has 0 spiro atoms. The minimum atomic E-state index is -3.60. The maximum absolute atomic E-state index is 15.3. The Bertz CT molecular complexity index is 1870. The highest BCUT2D eigenvalue weighted by molar-refractivity contribution is 7.89. The Hall–Kier alpha value is -3.77. The Morgan fingerprint density at radius 2 is 1.95 bits per heavy atom. The summed E-state index contributed by atoms with van der Waals surface area (Å²) >= 11 is 6.03. The Balaban J connectivity index is 1.85. The van der Waals surface area contributed by atoms with Crippen LogP contribution in [0.3, 0.4) is 0 Å². The Morgan fingerprint density at radius 1 is 1.19 bits per heavy atom. The van der Waals surface area contributed by atoms with Gasteiger partial charge in [0, 0.05) is 72.8 Å². The molecule has 3 aromatic heterocycles. The van der Waals surface area contributed by atoms with Crippen LogP contribution in [0.25, 0.3) is 22.0 Å². The fraction of sp³-hybridized carbons (Fsp3) is 0.345. The second-order valence-corrected chi connectivity index (χ2v) is 13.0. The number of carbonyl (C=O) groups is 1. The SMILES string of the molecule is CCCCN(CCCl)C(=O)c1cc2c(cc1CS(C)(=O)=O)-c1cn(C)c(=O)c3[nH]cc(c13)CN2c1ncc(F)cc1F. The normalized spacial score (nSPS) is 12.9. The zero-order valence-corrected chi connectivity index (χ0v) is 25.0. The van der Waals surface area contributed by atoms with Gasteiger partial charge in [0.15, 0.2) is 21.5 Å². The van der Waals surface area contributed by atoms with Crippen LogP contribution >= 0.6 is 11.6 Å². The topological polar surface area (TPSA) is 108 Å². The number of sulfone groups is 1. The number of halogens is 3. The molecule has 0 radical (unpaired) electrons. The lowest BCUT2D eigenvalue weighted by atomic mass is 9.95. The smallest absolute Gasteiger partial charge is 0.274 e. The van der Waals surface area contributed by atoms with E-state index in [1.165, 1.54) is 9.47 Å². The molecule has 0 unspecified atom stereocenters. The van der Waals surface area contributed by atoms with E-state index in [1.807, 2.05) is 6.92 Å². The van der Waals surface area contributed by atoms with E-state index in [0.717, 1.165) is 31.4 Å². The number of benzene rings is 1. The van der Waals surface area contributed by atoms with Gasteiger partial charge >= 0.3 is 0 Å². The molecule has 0 aliphatic carbocycles. The van der Waals surface area contributed by atoms with Crippen molar-refractivity contribution in [3.05, 3.63) is 75.5 Å². The van der Waals surface area contributed by atoms with Gasteiger partial charge in [-0.3, -0.25) is 9.59 Å². The molecule has 1 aliphatic rings. The van der Waals surface area contributed by atoms with Gasteiger partial charge in [0.25, 0.3) is 11.5 Å². The maximum atomic E-state index is 15.3. The van der Waals surface area contributed by atoms with Crippen molar-refractivity contribution in [2.75, 3.05) is 30.1 Å². The number of fused-ring (bicyclic) bond motifs is 2. The van der Waals surface area contributed by atoms with Crippen LogP contribution in [0.2, 0.25) is 0 Å². The van der Waals surface area contributed by atoms with Gasteiger partial charge < -0.3 is 19.4 Å². The van der Waals surface area contributed by atoms with Crippen LogP contribution in [0, 0.1) is 11.6 Å². The lowest BCUT2D eigenvalue weighted by molar-refractivity contribution is 0.0762. The molecule has 0 atom stereocenters. The standard InChI is InChI=1S/C29H30ClF2N5O4S/c1-4-5-7-36(8-6-30)28(38)20-11-24-21(9-17(20)16-42(3,40)41)22-15-35(2)29(39)26-25(22)18(12-33-26)14-37(24)27-23(32)10-19(31)13-34-27/h9-13,15,33H,4-8,14,16H2,1-3H3. The summed E-state index contributed by atoms with van der Waals surface area (Å²) in [6, 6.07) is 3.88. The Kier molecular flexibility index (Phi) is 8.13. The molecular formula is C29H30ClF2N5O4S. The molecule has 5 rings (SSSR count). The van der Waals surface area contributed by atoms with Crippen molar-refractivity contribution in [2.45, 2.75) is 32.1 Å². The van der Waals surface area contributed by atoms with E-state index in [4.69, 9.17) is 11.6 Å². The number of unbranched alkanes of at least 4 members (excludes halogenated alkanes) is 1. The number of amides is 1. The molecule has 1 N–H and O–H groups in total. The molecule has 1 aliphatic heterocycles. The summed E-state index contributed by atoms with van der Waals surface area (Å²) in [6.07, 6.45) is 6.81. The number of H-pyrrole nitrogens is 1. The third kappa shape index (κ3) is 5.52. The molecule has 42 heavy (non-hydrogen) atoms. The predicted octanol–water partition coefficient (Wildman–Crippen LogP) is 4.88. The van der Waals surface area contributed by atoms with Crippen LogP contribution in [0.4, 0.5) is 20.3 Å². The molecule has 9 nitrogen and oxygen atoms in total. The summed E-state index contributed by atoms with van der Waals surface area (Å²) < 4.78 is 55.8. The minimum absolute atomic E-state index is 0.0308. The molecular weight excluding hydrogens is 588 g/mol. The van der Waals surface area contributed by atoms with Gasteiger partial charge in [-0.1, -0.05) is 13.3 Å². The van der Waals surface area contributed by atoms with Crippen molar-refractivity contribution in [2.24, 2.45) is 7.05 Å². The third-order valence-electron chi connectivity index (χ3n) is 7.33. The Labute approximate surface area is 246 Å². The van der Waals surface area contributed by atoms with Gasteiger partial charge in [0.1, 0.15) is 11.3 Å². The van der Waals surface area contributed by atoms with Gasteiger partial charge in [-0.2, -0.15) is 0 Å². The molecule has 4 heterocycles. The van der Waals surface area contributed by atoms with Crippen LogP contribution in [0.5, 0.6) is 0 Å². The maximum Gasteiger partial charge on any atom is 0.274 e. The van der Waals surface area contributed by atoms with Gasteiger partial charge in [-0.05, 0) is 29.7 Å². The number of aryl methyl sites for hydroxylation is 1. The summed E-state index contributed by atoms with van der Waals surface area (Å²) in [5.74, 6) is -2.62. The molecule has 0 bridgehead atoms.